The molecule has 32 heavy (non-hydrogen) atoms. The number of nitrogens with zero attached hydrogens (tertiary/aromatic N) is 2. The van der Waals surface area contributed by atoms with E-state index in [1.165, 1.54) is 12.1 Å². The first-order chi connectivity index (χ1) is 15.5. The maximum atomic E-state index is 13.1. The summed E-state index contributed by atoms with van der Waals surface area (Å²) in [6.45, 7) is 2.41. The van der Waals surface area contributed by atoms with Crippen molar-refractivity contribution in [2.75, 3.05) is 32.6 Å². The average Bonchev–Trinajstić information content (AvgIpc) is 3.20. The Morgan fingerprint density at radius 3 is 2.41 bits per heavy atom. The summed E-state index contributed by atoms with van der Waals surface area (Å²) in [6.07, 6.45) is 1.00. The summed E-state index contributed by atoms with van der Waals surface area (Å²) >= 11 is 1.57. The fourth-order valence-electron chi connectivity index (χ4n) is 3.13. The molecule has 166 valence electrons. The van der Waals surface area contributed by atoms with E-state index in [4.69, 9.17) is 9.47 Å². The molecule has 1 N–H and O–H groups in total. The molecule has 3 aromatic carbocycles. The number of hydrogen-bond donors (Lipinski definition) is 1. The van der Waals surface area contributed by atoms with Crippen LogP contribution in [0.25, 0.3) is 10.2 Å². The molecule has 4 rings (SSSR count). The second-order valence-electron chi connectivity index (χ2n) is 7.71. The number of hydrogen-bond acceptors (Lipinski definition) is 6. The van der Waals surface area contributed by atoms with Gasteiger partial charge in [0.2, 0.25) is 0 Å². The molecule has 1 heterocycles. The largest absolute Gasteiger partial charge is 0.494 e. The lowest BCUT2D eigenvalue weighted by atomic mass is 10.2. The quantitative estimate of drug-likeness (QED) is 0.292. The number of halogens is 1. The molecule has 0 atom stereocenters. The number of rotatable bonds is 10. The Hall–Kier alpha value is -3.16. The highest BCUT2D eigenvalue weighted by atomic mass is 32.1. The van der Waals surface area contributed by atoms with E-state index in [1.54, 1.807) is 23.5 Å². The van der Waals surface area contributed by atoms with Gasteiger partial charge in [0.05, 0.1) is 16.8 Å². The summed E-state index contributed by atoms with van der Waals surface area (Å²) in [6, 6.07) is 19.9. The van der Waals surface area contributed by atoms with Crippen LogP contribution >= 0.6 is 11.3 Å². The molecule has 0 aliphatic carbocycles. The maximum absolute atomic E-state index is 13.1. The molecule has 4 aromatic rings. The van der Waals surface area contributed by atoms with Crippen LogP contribution in [-0.4, -0.2) is 37.1 Å². The lowest BCUT2D eigenvalue weighted by Crippen LogP contribution is -2.15. The highest BCUT2D eigenvalue weighted by Crippen LogP contribution is 2.31. The Balaban J connectivity index is 1.31. The molecule has 0 fully saturated rings. The summed E-state index contributed by atoms with van der Waals surface area (Å²) < 4.78 is 25.7. The third kappa shape index (κ3) is 6.18. The van der Waals surface area contributed by atoms with Crippen LogP contribution in [0.4, 0.5) is 9.52 Å². The van der Waals surface area contributed by atoms with Crippen molar-refractivity contribution in [1.29, 1.82) is 0 Å². The van der Waals surface area contributed by atoms with Crippen molar-refractivity contribution in [1.82, 2.24) is 9.88 Å². The van der Waals surface area contributed by atoms with E-state index >= 15 is 0 Å². The monoisotopic (exact) mass is 451 g/mol. The first kappa shape index (κ1) is 22.0. The lowest BCUT2D eigenvalue weighted by molar-refractivity contribution is 0.281. The van der Waals surface area contributed by atoms with Crippen molar-refractivity contribution in [2.24, 2.45) is 0 Å². The SMILES string of the molecule is CN(C)CCCOc1ccc(CNc2nc3ccc(Oc4ccc(F)cc4)cc3s2)cc1. The van der Waals surface area contributed by atoms with Crippen LogP contribution in [0.15, 0.2) is 66.7 Å². The van der Waals surface area contributed by atoms with Crippen LogP contribution in [-0.2, 0) is 6.54 Å². The molecule has 0 aliphatic rings. The van der Waals surface area contributed by atoms with Gasteiger partial charge in [0, 0.05) is 19.2 Å². The summed E-state index contributed by atoms with van der Waals surface area (Å²) in [5.41, 5.74) is 2.07. The van der Waals surface area contributed by atoms with Gasteiger partial charge in [-0.2, -0.15) is 0 Å². The van der Waals surface area contributed by atoms with E-state index in [0.717, 1.165) is 39.6 Å². The van der Waals surface area contributed by atoms with Crippen molar-refractivity contribution in [3.8, 4) is 17.2 Å². The van der Waals surface area contributed by atoms with Crippen LogP contribution in [0.5, 0.6) is 17.2 Å². The average molecular weight is 452 g/mol. The van der Waals surface area contributed by atoms with E-state index in [-0.39, 0.29) is 5.82 Å². The van der Waals surface area contributed by atoms with E-state index in [9.17, 15) is 4.39 Å². The van der Waals surface area contributed by atoms with Crippen LogP contribution < -0.4 is 14.8 Å². The maximum Gasteiger partial charge on any atom is 0.184 e. The van der Waals surface area contributed by atoms with Gasteiger partial charge < -0.3 is 19.7 Å². The van der Waals surface area contributed by atoms with Crippen LogP contribution in [0.3, 0.4) is 0 Å². The van der Waals surface area contributed by atoms with Gasteiger partial charge >= 0.3 is 0 Å². The van der Waals surface area contributed by atoms with Gasteiger partial charge in [-0.15, -0.1) is 0 Å². The van der Waals surface area contributed by atoms with E-state index < -0.39 is 0 Å². The van der Waals surface area contributed by atoms with Crippen molar-refractivity contribution in [3.05, 3.63) is 78.1 Å². The lowest BCUT2D eigenvalue weighted by Gasteiger charge is -2.10. The fourth-order valence-corrected chi connectivity index (χ4v) is 4.02. The van der Waals surface area contributed by atoms with Gasteiger partial charge in [-0.25, -0.2) is 9.37 Å². The van der Waals surface area contributed by atoms with Crippen molar-refractivity contribution < 1.29 is 13.9 Å². The Morgan fingerprint density at radius 1 is 0.938 bits per heavy atom. The molecule has 0 radical (unpaired) electrons. The van der Waals surface area contributed by atoms with E-state index in [1.807, 2.05) is 30.3 Å². The summed E-state index contributed by atoms with van der Waals surface area (Å²) in [4.78, 5) is 6.80. The third-order valence-electron chi connectivity index (χ3n) is 4.79. The second-order valence-corrected chi connectivity index (χ2v) is 8.74. The van der Waals surface area contributed by atoms with E-state index in [0.29, 0.717) is 24.7 Å². The van der Waals surface area contributed by atoms with Crippen molar-refractivity contribution in [2.45, 2.75) is 13.0 Å². The molecule has 0 amide bonds. The molecule has 5 nitrogen and oxygen atoms in total. The molecule has 0 saturated heterocycles. The van der Waals surface area contributed by atoms with Gasteiger partial charge in [-0.05, 0) is 74.6 Å². The summed E-state index contributed by atoms with van der Waals surface area (Å²) in [7, 11) is 4.13. The Labute approximate surface area is 191 Å². The van der Waals surface area contributed by atoms with Crippen LogP contribution in [0.1, 0.15) is 12.0 Å². The van der Waals surface area contributed by atoms with Gasteiger partial charge in [0.25, 0.3) is 0 Å². The Kier molecular flexibility index (Phi) is 7.19. The predicted octanol–water partition coefficient (Wildman–Crippen LogP) is 6.17. The molecular weight excluding hydrogens is 425 g/mol. The highest BCUT2D eigenvalue weighted by molar-refractivity contribution is 7.22. The smallest absolute Gasteiger partial charge is 0.184 e. The predicted molar refractivity (Wildman–Crippen MR) is 129 cm³/mol. The molecule has 0 aliphatic heterocycles. The van der Waals surface area contributed by atoms with Gasteiger partial charge in [-0.3, -0.25) is 0 Å². The second kappa shape index (κ2) is 10.4. The Bertz CT molecular complexity index is 1140. The zero-order valence-corrected chi connectivity index (χ0v) is 19.0. The van der Waals surface area contributed by atoms with Crippen molar-refractivity contribution >= 4 is 26.7 Å². The molecule has 0 spiro atoms. The number of benzene rings is 3. The standard InChI is InChI=1S/C25H26FN3O2S/c1-29(2)14-3-15-30-20-8-4-18(5-9-20)17-27-25-28-23-13-12-22(16-24(23)32-25)31-21-10-6-19(26)7-11-21/h4-13,16H,3,14-15,17H2,1-2H3,(H,27,28). The number of ether oxygens (including phenoxy) is 2. The molecule has 0 unspecified atom stereocenters. The fraction of sp³-hybridized carbons (Fsp3) is 0.240. The minimum absolute atomic E-state index is 0.284. The van der Waals surface area contributed by atoms with Gasteiger partial charge in [-0.1, -0.05) is 23.5 Å². The van der Waals surface area contributed by atoms with Crippen molar-refractivity contribution in [3.63, 3.8) is 0 Å². The number of thiazole rings is 1. The zero-order chi connectivity index (χ0) is 22.3. The van der Waals surface area contributed by atoms with E-state index in [2.05, 4.69) is 41.4 Å². The van der Waals surface area contributed by atoms with Crippen LogP contribution in [0.2, 0.25) is 0 Å². The number of anilines is 1. The van der Waals surface area contributed by atoms with Gasteiger partial charge in [0.1, 0.15) is 23.1 Å². The first-order valence-electron chi connectivity index (χ1n) is 10.5. The zero-order valence-electron chi connectivity index (χ0n) is 18.2. The van der Waals surface area contributed by atoms with Gasteiger partial charge in [0.15, 0.2) is 5.13 Å². The molecule has 1 aromatic heterocycles. The molecule has 7 heteroatoms. The number of fused-ring (bicyclic) bond motifs is 1. The Morgan fingerprint density at radius 2 is 1.66 bits per heavy atom. The highest BCUT2D eigenvalue weighted by Gasteiger charge is 2.07. The summed E-state index contributed by atoms with van der Waals surface area (Å²) in [5.74, 6) is 1.90. The molecular formula is C25H26FN3O2S. The normalized spacial score (nSPS) is 11.1. The minimum atomic E-state index is -0.284. The van der Waals surface area contributed by atoms with Crippen LogP contribution in [0, 0.1) is 5.82 Å². The topological polar surface area (TPSA) is 46.6 Å². The minimum Gasteiger partial charge on any atom is -0.494 e. The number of aromatic nitrogens is 1. The molecule has 0 saturated carbocycles. The number of nitrogens with one attached hydrogen (secondary N) is 1. The molecule has 0 bridgehead atoms. The third-order valence-corrected chi connectivity index (χ3v) is 5.77. The first-order valence-corrected chi connectivity index (χ1v) is 11.3. The summed E-state index contributed by atoms with van der Waals surface area (Å²) in [5, 5.41) is 4.24.